The molecule has 1 aromatic heterocycles. The van der Waals surface area contributed by atoms with Crippen LogP contribution in [0.1, 0.15) is 19.8 Å². The zero-order chi connectivity index (χ0) is 11.9. The fraction of sp³-hybridized carbons (Fsp3) is 0.667. The minimum atomic E-state index is -3.47. The number of aromatic nitrogens is 2. The first kappa shape index (κ1) is 11.4. The zero-order valence-corrected chi connectivity index (χ0v) is 10.2. The highest BCUT2D eigenvalue weighted by Gasteiger charge is 2.38. The van der Waals surface area contributed by atoms with Crippen molar-refractivity contribution in [3.05, 3.63) is 6.20 Å². The summed E-state index contributed by atoms with van der Waals surface area (Å²) in [7, 11) is -1.82. The van der Waals surface area contributed by atoms with Crippen LogP contribution in [0.3, 0.4) is 0 Å². The Balaban J connectivity index is 2.40. The molecule has 0 aromatic carbocycles. The maximum atomic E-state index is 12.3. The van der Waals surface area contributed by atoms with E-state index in [1.54, 1.807) is 7.05 Å². The number of nitrogen functional groups attached to an aromatic ring is 1. The first-order valence-electron chi connectivity index (χ1n) is 5.27. The second-order valence-corrected chi connectivity index (χ2v) is 5.85. The molecule has 1 aromatic rings. The van der Waals surface area contributed by atoms with Gasteiger partial charge in [-0.15, -0.1) is 0 Å². The molecule has 1 fully saturated rings. The third kappa shape index (κ3) is 1.80. The van der Waals surface area contributed by atoms with Gasteiger partial charge in [-0.25, -0.2) is 8.42 Å². The van der Waals surface area contributed by atoms with Gasteiger partial charge < -0.3 is 5.73 Å². The van der Waals surface area contributed by atoms with Crippen LogP contribution in [-0.2, 0) is 17.1 Å². The van der Waals surface area contributed by atoms with Gasteiger partial charge in [0.05, 0.1) is 0 Å². The van der Waals surface area contributed by atoms with Gasteiger partial charge in [0, 0.05) is 25.8 Å². The van der Waals surface area contributed by atoms with E-state index >= 15 is 0 Å². The number of nitrogens with zero attached hydrogens (tertiary/aromatic N) is 3. The molecule has 1 heterocycles. The molecule has 2 rings (SSSR count). The summed E-state index contributed by atoms with van der Waals surface area (Å²) in [4.78, 5) is 0.115. The van der Waals surface area contributed by atoms with Gasteiger partial charge in [-0.3, -0.25) is 4.68 Å². The largest absolute Gasteiger partial charge is 0.381 e. The van der Waals surface area contributed by atoms with E-state index in [9.17, 15) is 8.42 Å². The molecule has 1 saturated carbocycles. The number of hydrogen-bond donors (Lipinski definition) is 1. The summed E-state index contributed by atoms with van der Waals surface area (Å²) in [5, 5.41) is 3.86. The highest BCUT2D eigenvalue weighted by Crippen LogP contribution is 2.32. The Kier molecular flexibility index (Phi) is 2.67. The Hall–Kier alpha value is -1.08. The summed E-state index contributed by atoms with van der Waals surface area (Å²) >= 11 is 0. The van der Waals surface area contributed by atoms with Gasteiger partial charge in [0.2, 0.25) is 10.0 Å². The van der Waals surface area contributed by atoms with Crippen molar-refractivity contribution in [2.45, 2.75) is 30.7 Å². The van der Waals surface area contributed by atoms with Crippen LogP contribution in [0.15, 0.2) is 11.1 Å². The molecule has 0 atom stereocenters. The molecule has 1 aliphatic rings. The zero-order valence-electron chi connectivity index (χ0n) is 9.42. The third-order valence-corrected chi connectivity index (χ3v) is 4.72. The molecule has 6 nitrogen and oxygen atoms in total. The second kappa shape index (κ2) is 3.74. The van der Waals surface area contributed by atoms with Crippen molar-refractivity contribution in [2.75, 3.05) is 12.3 Å². The highest BCUT2D eigenvalue weighted by atomic mass is 32.2. The van der Waals surface area contributed by atoms with Crippen molar-refractivity contribution in [1.29, 1.82) is 0 Å². The molecule has 90 valence electrons. The van der Waals surface area contributed by atoms with E-state index < -0.39 is 10.0 Å². The summed E-state index contributed by atoms with van der Waals surface area (Å²) in [6.45, 7) is 2.31. The van der Waals surface area contributed by atoms with E-state index in [0.29, 0.717) is 6.54 Å². The summed E-state index contributed by atoms with van der Waals surface area (Å²) < 4.78 is 27.5. The van der Waals surface area contributed by atoms with Gasteiger partial charge in [0.25, 0.3) is 0 Å². The van der Waals surface area contributed by atoms with Crippen LogP contribution in [0.5, 0.6) is 0 Å². The van der Waals surface area contributed by atoms with Gasteiger partial charge in [0.15, 0.2) is 5.82 Å². The van der Waals surface area contributed by atoms with Gasteiger partial charge in [-0.05, 0) is 12.8 Å². The molecular formula is C9H16N4O2S. The molecule has 0 spiro atoms. The van der Waals surface area contributed by atoms with Gasteiger partial charge >= 0.3 is 0 Å². The fourth-order valence-electron chi connectivity index (χ4n) is 1.80. The average molecular weight is 244 g/mol. The Labute approximate surface area is 95.1 Å². The molecule has 0 bridgehead atoms. The lowest BCUT2D eigenvalue weighted by Crippen LogP contribution is -2.33. The SMILES string of the molecule is CCN(C1CC1)S(=O)(=O)c1cn(C)nc1N. The standard InChI is InChI=1S/C9H16N4O2S/c1-3-13(7-4-5-7)16(14,15)8-6-12(2)11-9(8)10/h6-7H,3-5H2,1-2H3,(H2,10,11). The van der Waals surface area contributed by atoms with Crippen molar-refractivity contribution in [3.63, 3.8) is 0 Å². The lowest BCUT2D eigenvalue weighted by molar-refractivity contribution is 0.421. The van der Waals surface area contributed by atoms with E-state index in [0.717, 1.165) is 12.8 Å². The van der Waals surface area contributed by atoms with Crippen LogP contribution < -0.4 is 5.73 Å². The minimum Gasteiger partial charge on any atom is -0.381 e. The Morgan fingerprint density at radius 2 is 2.25 bits per heavy atom. The van der Waals surface area contributed by atoms with Crippen molar-refractivity contribution >= 4 is 15.8 Å². The maximum Gasteiger partial charge on any atom is 0.248 e. The molecule has 16 heavy (non-hydrogen) atoms. The van der Waals surface area contributed by atoms with E-state index in [1.807, 2.05) is 6.92 Å². The Morgan fingerprint density at radius 3 is 2.62 bits per heavy atom. The summed E-state index contributed by atoms with van der Waals surface area (Å²) in [6.07, 6.45) is 3.33. The predicted octanol–water partition coefficient (Wildman–Crippen LogP) is 0.175. The van der Waals surface area contributed by atoms with Gasteiger partial charge in [-0.1, -0.05) is 6.92 Å². The summed E-state index contributed by atoms with van der Waals surface area (Å²) in [6, 6.07) is 0.148. The van der Waals surface area contributed by atoms with Crippen LogP contribution >= 0.6 is 0 Å². The van der Waals surface area contributed by atoms with E-state index in [2.05, 4.69) is 5.10 Å². The van der Waals surface area contributed by atoms with Crippen molar-refractivity contribution in [2.24, 2.45) is 7.05 Å². The number of sulfonamides is 1. The molecule has 0 saturated heterocycles. The molecule has 2 N–H and O–H groups in total. The van der Waals surface area contributed by atoms with Crippen molar-refractivity contribution in [1.82, 2.24) is 14.1 Å². The van der Waals surface area contributed by atoms with Crippen LogP contribution in [0, 0.1) is 0 Å². The predicted molar refractivity (Wildman–Crippen MR) is 60.2 cm³/mol. The monoisotopic (exact) mass is 244 g/mol. The van der Waals surface area contributed by atoms with Gasteiger partial charge in [-0.2, -0.15) is 9.40 Å². The first-order chi connectivity index (χ1) is 7.46. The molecule has 7 heteroatoms. The van der Waals surface area contributed by atoms with Crippen molar-refractivity contribution < 1.29 is 8.42 Å². The summed E-state index contributed by atoms with van der Waals surface area (Å²) in [5.41, 5.74) is 5.60. The highest BCUT2D eigenvalue weighted by molar-refractivity contribution is 7.89. The minimum absolute atomic E-state index is 0.0709. The lowest BCUT2D eigenvalue weighted by Gasteiger charge is -2.18. The van der Waals surface area contributed by atoms with Crippen LogP contribution in [0.25, 0.3) is 0 Å². The molecule has 0 aliphatic heterocycles. The molecule has 0 unspecified atom stereocenters. The smallest absolute Gasteiger partial charge is 0.248 e. The van der Waals surface area contributed by atoms with E-state index in [-0.39, 0.29) is 16.8 Å². The topological polar surface area (TPSA) is 81.2 Å². The maximum absolute atomic E-state index is 12.3. The number of rotatable bonds is 4. The average Bonchev–Trinajstić information content (AvgIpc) is 2.93. The fourth-order valence-corrected chi connectivity index (χ4v) is 3.58. The van der Waals surface area contributed by atoms with Gasteiger partial charge in [0.1, 0.15) is 4.90 Å². The normalized spacial score (nSPS) is 16.9. The quantitative estimate of drug-likeness (QED) is 0.819. The molecular weight excluding hydrogens is 228 g/mol. The van der Waals surface area contributed by atoms with Crippen LogP contribution in [-0.4, -0.2) is 35.1 Å². The Morgan fingerprint density at radius 1 is 1.62 bits per heavy atom. The number of anilines is 1. The first-order valence-corrected chi connectivity index (χ1v) is 6.71. The molecule has 0 radical (unpaired) electrons. The number of nitrogens with two attached hydrogens (primary N) is 1. The third-order valence-electron chi connectivity index (χ3n) is 2.67. The van der Waals surface area contributed by atoms with Crippen LogP contribution in [0.4, 0.5) is 5.82 Å². The Bertz CT molecular complexity index is 490. The van der Waals surface area contributed by atoms with E-state index in [1.165, 1.54) is 15.2 Å². The van der Waals surface area contributed by atoms with Crippen molar-refractivity contribution in [3.8, 4) is 0 Å². The molecule has 0 amide bonds. The van der Waals surface area contributed by atoms with E-state index in [4.69, 9.17) is 5.73 Å². The lowest BCUT2D eigenvalue weighted by atomic mass is 10.6. The summed E-state index contributed by atoms with van der Waals surface area (Å²) in [5.74, 6) is 0.0709. The number of aryl methyl sites for hydroxylation is 1. The van der Waals surface area contributed by atoms with Crippen LogP contribution in [0.2, 0.25) is 0 Å². The molecule has 1 aliphatic carbocycles. The second-order valence-electron chi connectivity index (χ2n) is 3.99. The number of hydrogen-bond acceptors (Lipinski definition) is 4.